The minimum atomic E-state index is -0.195. The fourth-order valence-electron chi connectivity index (χ4n) is 6.18. The van der Waals surface area contributed by atoms with E-state index in [1.165, 1.54) is 25.7 Å². The van der Waals surface area contributed by atoms with Crippen LogP contribution < -0.4 is 0 Å². The van der Waals surface area contributed by atoms with Gasteiger partial charge in [0.25, 0.3) is 0 Å². The van der Waals surface area contributed by atoms with Gasteiger partial charge in [-0.2, -0.15) is 0 Å². The maximum absolute atomic E-state index is 11.2. The van der Waals surface area contributed by atoms with Crippen LogP contribution in [0, 0.1) is 11.8 Å². The lowest BCUT2D eigenvalue weighted by Gasteiger charge is -2.38. The maximum atomic E-state index is 11.2. The van der Waals surface area contributed by atoms with E-state index < -0.39 is 0 Å². The largest absolute Gasteiger partial charge is 0.508 e. The van der Waals surface area contributed by atoms with Crippen LogP contribution in [0.2, 0.25) is 0 Å². The predicted molar refractivity (Wildman–Crippen MR) is 133 cm³/mol. The number of hydrogen-bond acceptors (Lipinski definition) is 4. The van der Waals surface area contributed by atoms with Gasteiger partial charge in [0.15, 0.2) is 0 Å². The molecule has 4 heteroatoms. The molecule has 2 aliphatic rings. The molecule has 178 valence electrons. The van der Waals surface area contributed by atoms with Crippen molar-refractivity contribution in [2.75, 3.05) is 6.73 Å². The van der Waals surface area contributed by atoms with Gasteiger partial charge in [0, 0.05) is 16.7 Å². The molecule has 0 unspecified atom stereocenters. The van der Waals surface area contributed by atoms with Crippen LogP contribution in [0.1, 0.15) is 108 Å². The number of allylic oxidation sites excluding steroid dienone is 2. The highest BCUT2D eigenvalue weighted by Gasteiger charge is 2.38. The van der Waals surface area contributed by atoms with Gasteiger partial charge in [-0.1, -0.05) is 65.0 Å². The number of phenolic OH excluding ortho intramolecular Hbond substituents is 2. The van der Waals surface area contributed by atoms with Crippen molar-refractivity contribution in [1.82, 2.24) is 0 Å². The number of aliphatic hydroxyl groups excluding tert-OH is 1. The second-order valence-electron chi connectivity index (χ2n) is 9.95. The molecule has 32 heavy (non-hydrogen) atoms. The van der Waals surface area contributed by atoms with Crippen molar-refractivity contribution < 1.29 is 15.3 Å². The topological polar surface area (TPSA) is 73.1 Å². The van der Waals surface area contributed by atoms with Crippen LogP contribution in [-0.4, -0.2) is 27.8 Å². The molecule has 0 bridgehead atoms. The van der Waals surface area contributed by atoms with Crippen molar-refractivity contribution >= 4 is 5.71 Å². The van der Waals surface area contributed by atoms with E-state index >= 15 is 0 Å². The molecule has 0 heterocycles. The molecular weight excluding hydrogens is 398 g/mol. The Balaban J connectivity index is 1.95. The summed E-state index contributed by atoms with van der Waals surface area (Å²) in [5, 5.41) is 31.8. The molecular formula is C28H43NO3. The number of aromatic hydroxyl groups is 2. The first-order valence-corrected chi connectivity index (χ1v) is 12.9. The summed E-state index contributed by atoms with van der Waals surface area (Å²) in [6.45, 7) is 6.38. The summed E-state index contributed by atoms with van der Waals surface area (Å²) in [7, 11) is 0. The molecule has 0 saturated heterocycles. The van der Waals surface area contributed by atoms with E-state index in [2.05, 4.69) is 37.9 Å². The lowest BCUT2D eigenvalue weighted by molar-refractivity contribution is 0.288. The van der Waals surface area contributed by atoms with Crippen LogP contribution >= 0.6 is 0 Å². The summed E-state index contributed by atoms with van der Waals surface area (Å²) in [5.74, 6) is 1.23. The zero-order valence-electron chi connectivity index (χ0n) is 20.3. The summed E-state index contributed by atoms with van der Waals surface area (Å²) in [6.07, 6.45) is 16.3. The number of rotatable bonds is 9. The van der Waals surface area contributed by atoms with E-state index in [4.69, 9.17) is 0 Å². The zero-order valence-corrected chi connectivity index (χ0v) is 20.3. The van der Waals surface area contributed by atoms with Crippen molar-refractivity contribution in [2.24, 2.45) is 16.8 Å². The zero-order chi connectivity index (χ0) is 23.1. The minimum absolute atomic E-state index is 0.0294. The number of nitrogens with zero attached hydrogens (tertiary/aromatic N) is 1. The Hall–Kier alpha value is -1.81. The normalized spacial score (nSPS) is 26.9. The van der Waals surface area contributed by atoms with Crippen molar-refractivity contribution in [2.45, 2.75) is 103 Å². The molecule has 0 spiro atoms. The molecule has 4 nitrogen and oxygen atoms in total. The predicted octanol–water partition coefficient (Wildman–Crippen LogP) is 6.98. The highest BCUT2D eigenvalue weighted by Crippen LogP contribution is 2.51. The van der Waals surface area contributed by atoms with E-state index in [1.54, 1.807) is 0 Å². The van der Waals surface area contributed by atoms with Gasteiger partial charge in [-0.05, 0) is 74.0 Å². The Morgan fingerprint density at radius 3 is 2.31 bits per heavy atom. The minimum Gasteiger partial charge on any atom is -0.508 e. The Labute approximate surface area is 194 Å². The van der Waals surface area contributed by atoms with E-state index in [0.717, 1.165) is 49.8 Å². The molecule has 0 amide bonds. The van der Waals surface area contributed by atoms with Crippen molar-refractivity contribution in [3.05, 3.63) is 35.4 Å². The number of phenols is 2. The van der Waals surface area contributed by atoms with Crippen LogP contribution in [0.25, 0.3) is 0 Å². The Kier molecular flexibility index (Phi) is 8.81. The lowest BCUT2D eigenvalue weighted by Crippen LogP contribution is -2.31. The molecule has 1 aromatic carbocycles. The van der Waals surface area contributed by atoms with E-state index in [1.807, 2.05) is 12.1 Å². The Morgan fingerprint density at radius 2 is 1.75 bits per heavy atom. The highest BCUT2D eigenvalue weighted by atomic mass is 16.3. The first-order chi connectivity index (χ1) is 15.5. The van der Waals surface area contributed by atoms with Gasteiger partial charge in [0.1, 0.15) is 18.2 Å². The number of aliphatic imine (C=N–C) groups is 1. The third-order valence-corrected chi connectivity index (χ3v) is 8.09. The summed E-state index contributed by atoms with van der Waals surface area (Å²) in [5.41, 5.74) is 2.66. The van der Waals surface area contributed by atoms with Gasteiger partial charge in [-0.15, -0.1) is 0 Å². The van der Waals surface area contributed by atoms with Crippen molar-refractivity contribution in [3.8, 4) is 11.5 Å². The molecule has 3 rings (SSSR count). The first-order valence-electron chi connectivity index (χ1n) is 12.9. The summed E-state index contributed by atoms with van der Waals surface area (Å²) in [6, 6.07) is 3.85. The fraction of sp³-hybridized carbons (Fsp3) is 0.679. The third-order valence-electron chi connectivity index (χ3n) is 8.09. The summed E-state index contributed by atoms with van der Waals surface area (Å²) < 4.78 is 0. The second-order valence-corrected chi connectivity index (χ2v) is 9.95. The van der Waals surface area contributed by atoms with Crippen molar-refractivity contribution in [1.29, 1.82) is 0 Å². The molecule has 2 saturated carbocycles. The molecule has 2 aliphatic carbocycles. The van der Waals surface area contributed by atoms with E-state index in [9.17, 15) is 15.3 Å². The van der Waals surface area contributed by atoms with Gasteiger partial charge in [0.05, 0.1) is 0 Å². The number of benzene rings is 1. The molecule has 3 N–H and O–H groups in total. The number of hydrogen-bond donors (Lipinski definition) is 3. The average molecular weight is 442 g/mol. The Morgan fingerprint density at radius 1 is 1.06 bits per heavy atom. The number of aliphatic hydroxyl groups is 1. The third kappa shape index (κ3) is 5.22. The SMILES string of the molecule is CCCC/C=C\C1(c2cc(O)c([C@@H]3CC(=NCO)[C@@H](CC)C[C@H]3CC)c(O)c2)CCCC1. The highest BCUT2D eigenvalue weighted by molar-refractivity contribution is 5.88. The molecule has 0 aliphatic heterocycles. The monoisotopic (exact) mass is 441 g/mol. The maximum Gasteiger partial charge on any atom is 0.134 e. The van der Waals surface area contributed by atoms with E-state index in [-0.39, 0.29) is 29.6 Å². The van der Waals surface area contributed by atoms with Crippen LogP contribution in [0.4, 0.5) is 0 Å². The molecule has 2 fully saturated rings. The quantitative estimate of drug-likeness (QED) is 0.286. The lowest BCUT2D eigenvalue weighted by atomic mass is 9.67. The van der Waals surface area contributed by atoms with E-state index in [0.29, 0.717) is 23.8 Å². The van der Waals surface area contributed by atoms with Crippen LogP contribution in [0.5, 0.6) is 11.5 Å². The first kappa shape index (κ1) is 24.8. The molecule has 0 radical (unpaired) electrons. The van der Waals surface area contributed by atoms with Gasteiger partial charge in [-0.25, -0.2) is 0 Å². The van der Waals surface area contributed by atoms with Gasteiger partial charge >= 0.3 is 0 Å². The molecule has 0 aromatic heterocycles. The van der Waals surface area contributed by atoms with Crippen LogP contribution in [-0.2, 0) is 5.41 Å². The average Bonchev–Trinajstić information content (AvgIpc) is 3.27. The van der Waals surface area contributed by atoms with Crippen LogP contribution in [0.3, 0.4) is 0 Å². The standard InChI is InChI=1S/C28H43NO3/c1-4-7-8-9-12-28(13-10-11-14-28)22-16-25(31)27(26(32)17-22)23-18-24(29-19-30)21(6-3)15-20(23)5-2/h9,12,16-17,20-21,23,30-32H,4-8,10-11,13-15,18-19H2,1-3H3/b12-9-,29-24?/t20-,21+,23-/m1/s1. The smallest absolute Gasteiger partial charge is 0.134 e. The number of unbranched alkanes of at least 4 members (excludes halogenated alkanes) is 2. The second kappa shape index (κ2) is 11.4. The van der Waals surface area contributed by atoms with Gasteiger partial charge in [-0.3, -0.25) is 4.99 Å². The summed E-state index contributed by atoms with van der Waals surface area (Å²) >= 11 is 0. The molecule has 3 atom stereocenters. The van der Waals surface area contributed by atoms with Gasteiger partial charge in [0.2, 0.25) is 0 Å². The van der Waals surface area contributed by atoms with Crippen molar-refractivity contribution in [3.63, 3.8) is 0 Å². The van der Waals surface area contributed by atoms with Gasteiger partial charge < -0.3 is 15.3 Å². The molecule has 1 aromatic rings. The van der Waals surface area contributed by atoms with Crippen LogP contribution in [0.15, 0.2) is 29.3 Å². The summed E-state index contributed by atoms with van der Waals surface area (Å²) in [4.78, 5) is 4.38. The fourth-order valence-corrected chi connectivity index (χ4v) is 6.18. The Bertz CT molecular complexity index is 784.